The molecule has 2 nitrogen and oxygen atoms in total. The van der Waals surface area contributed by atoms with E-state index in [1.165, 1.54) is 5.56 Å². The molecule has 0 spiro atoms. The number of aliphatic hydroxyl groups is 1. The van der Waals surface area contributed by atoms with Crippen LogP contribution in [0.3, 0.4) is 0 Å². The molecule has 16 heavy (non-hydrogen) atoms. The third-order valence-corrected chi connectivity index (χ3v) is 2.98. The second-order valence-electron chi connectivity index (χ2n) is 4.23. The van der Waals surface area contributed by atoms with Gasteiger partial charge in [-0.3, -0.25) is 4.90 Å². The third-order valence-electron chi connectivity index (χ3n) is 2.98. The van der Waals surface area contributed by atoms with Gasteiger partial charge in [0, 0.05) is 26.1 Å². The molecule has 0 saturated heterocycles. The largest absolute Gasteiger partial charge is 0.513 e. The number of hydrogen-bond acceptors (Lipinski definition) is 2. The van der Waals surface area contributed by atoms with E-state index in [9.17, 15) is 5.11 Å². The Bertz CT molecular complexity index is 359. The van der Waals surface area contributed by atoms with Crippen LogP contribution >= 0.6 is 0 Å². The summed E-state index contributed by atoms with van der Waals surface area (Å²) in [5.74, 6) is 0.371. The molecule has 0 fully saturated rings. The van der Waals surface area contributed by atoms with Gasteiger partial charge in [-0.1, -0.05) is 35.8 Å². The zero-order valence-electron chi connectivity index (χ0n) is 9.39. The first-order valence-corrected chi connectivity index (χ1v) is 5.68. The van der Waals surface area contributed by atoms with Crippen LogP contribution in [0, 0.1) is 0 Å². The third kappa shape index (κ3) is 2.89. The molecular weight excluding hydrogens is 197 g/mol. The van der Waals surface area contributed by atoms with Crippen LogP contribution in [0.4, 0.5) is 0 Å². The Morgan fingerprint density at radius 3 is 2.56 bits per heavy atom. The molecule has 0 amide bonds. The Hall–Kier alpha value is -1.22. The standard InChI is InChI=1S/C13H16BNO/c14-12-6-8-15(9-7-13(12)16)10-11-4-2-1-3-5-11/h1-5,16H,6-10H2. The summed E-state index contributed by atoms with van der Waals surface area (Å²) < 4.78 is 0. The van der Waals surface area contributed by atoms with E-state index in [-0.39, 0.29) is 0 Å². The van der Waals surface area contributed by atoms with Crippen molar-refractivity contribution in [2.75, 3.05) is 13.1 Å². The predicted molar refractivity (Wildman–Crippen MR) is 66.4 cm³/mol. The lowest BCUT2D eigenvalue weighted by Crippen LogP contribution is -2.24. The molecule has 1 aromatic rings. The summed E-state index contributed by atoms with van der Waals surface area (Å²) in [4.78, 5) is 2.32. The fraction of sp³-hybridized carbons (Fsp3) is 0.385. The van der Waals surface area contributed by atoms with E-state index in [2.05, 4.69) is 29.2 Å². The van der Waals surface area contributed by atoms with Gasteiger partial charge in [-0.15, -0.1) is 0 Å². The normalized spacial score (nSPS) is 18.5. The smallest absolute Gasteiger partial charge is 0.112 e. The highest BCUT2D eigenvalue weighted by molar-refractivity contribution is 6.21. The minimum atomic E-state index is 0.371. The average molecular weight is 213 g/mol. The van der Waals surface area contributed by atoms with E-state index in [1.54, 1.807) is 0 Å². The van der Waals surface area contributed by atoms with Gasteiger partial charge in [-0.25, -0.2) is 0 Å². The highest BCUT2D eigenvalue weighted by atomic mass is 16.3. The second-order valence-corrected chi connectivity index (χ2v) is 4.23. The first-order chi connectivity index (χ1) is 7.75. The fourth-order valence-corrected chi connectivity index (χ4v) is 1.96. The number of aliphatic hydroxyl groups excluding tert-OH is 1. The van der Waals surface area contributed by atoms with Gasteiger partial charge in [-0.05, 0) is 12.0 Å². The molecule has 0 bridgehead atoms. The monoisotopic (exact) mass is 213 g/mol. The van der Waals surface area contributed by atoms with Crippen LogP contribution in [0.1, 0.15) is 18.4 Å². The van der Waals surface area contributed by atoms with Crippen molar-refractivity contribution in [2.45, 2.75) is 19.4 Å². The molecule has 1 aliphatic heterocycles. The van der Waals surface area contributed by atoms with Crippen LogP contribution in [0.5, 0.6) is 0 Å². The molecule has 2 rings (SSSR count). The van der Waals surface area contributed by atoms with Crippen LogP contribution in [0.15, 0.2) is 41.6 Å². The van der Waals surface area contributed by atoms with E-state index in [0.29, 0.717) is 17.7 Å². The summed E-state index contributed by atoms with van der Waals surface area (Å²) in [5, 5.41) is 9.57. The Morgan fingerprint density at radius 2 is 1.81 bits per heavy atom. The van der Waals surface area contributed by atoms with Gasteiger partial charge < -0.3 is 5.11 Å². The van der Waals surface area contributed by atoms with Crippen molar-refractivity contribution in [3.8, 4) is 0 Å². The summed E-state index contributed by atoms with van der Waals surface area (Å²) >= 11 is 0. The zero-order chi connectivity index (χ0) is 11.4. The molecule has 1 aliphatic rings. The van der Waals surface area contributed by atoms with Crippen molar-refractivity contribution in [3.05, 3.63) is 47.1 Å². The van der Waals surface area contributed by atoms with E-state index in [0.717, 1.165) is 26.1 Å². The molecule has 82 valence electrons. The lowest BCUT2D eigenvalue weighted by molar-refractivity contribution is 0.268. The average Bonchev–Trinajstić information content (AvgIpc) is 2.46. The van der Waals surface area contributed by atoms with Gasteiger partial charge in [0.05, 0.1) is 5.76 Å². The minimum Gasteiger partial charge on any atom is -0.513 e. The van der Waals surface area contributed by atoms with Gasteiger partial charge in [0.1, 0.15) is 7.85 Å². The topological polar surface area (TPSA) is 23.5 Å². The predicted octanol–water partition coefficient (Wildman–Crippen LogP) is 2.22. The molecule has 0 aliphatic carbocycles. The highest BCUT2D eigenvalue weighted by Gasteiger charge is 2.12. The highest BCUT2D eigenvalue weighted by Crippen LogP contribution is 2.15. The Balaban J connectivity index is 1.94. The SMILES string of the molecule is [B]C1=C(O)CCN(Cc2ccccc2)CC1. The Labute approximate surface area is 98.0 Å². The van der Waals surface area contributed by atoms with E-state index in [1.807, 2.05) is 6.07 Å². The molecule has 1 heterocycles. The summed E-state index contributed by atoms with van der Waals surface area (Å²) in [6, 6.07) is 10.4. The van der Waals surface area contributed by atoms with Gasteiger partial charge in [0.25, 0.3) is 0 Å². The van der Waals surface area contributed by atoms with Gasteiger partial charge >= 0.3 is 0 Å². The van der Waals surface area contributed by atoms with Crippen molar-refractivity contribution in [1.29, 1.82) is 0 Å². The van der Waals surface area contributed by atoms with Crippen LogP contribution in [-0.2, 0) is 6.54 Å². The van der Waals surface area contributed by atoms with Gasteiger partial charge in [0.2, 0.25) is 0 Å². The fourth-order valence-electron chi connectivity index (χ4n) is 1.96. The maximum absolute atomic E-state index is 9.57. The van der Waals surface area contributed by atoms with Crippen molar-refractivity contribution >= 4 is 7.85 Å². The molecule has 2 radical (unpaired) electrons. The molecule has 0 aromatic heterocycles. The maximum atomic E-state index is 9.57. The molecule has 0 saturated carbocycles. The second kappa shape index (κ2) is 5.22. The van der Waals surface area contributed by atoms with Crippen LogP contribution in [-0.4, -0.2) is 30.9 Å². The molecule has 0 atom stereocenters. The minimum absolute atomic E-state index is 0.371. The lowest BCUT2D eigenvalue weighted by Gasteiger charge is -2.19. The first-order valence-electron chi connectivity index (χ1n) is 5.68. The van der Waals surface area contributed by atoms with Crippen molar-refractivity contribution < 1.29 is 5.11 Å². The maximum Gasteiger partial charge on any atom is 0.112 e. The van der Waals surface area contributed by atoms with Crippen LogP contribution in [0.2, 0.25) is 0 Å². The zero-order valence-corrected chi connectivity index (χ0v) is 9.39. The Kier molecular flexibility index (Phi) is 3.68. The molecule has 1 N–H and O–H groups in total. The first kappa shape index (κ1) is 11.3. The van der Waals surface area contributed by atoms with Crippen LogP contribution in [0.25, 0.3) is 0 Å². The molecule has 0 unspecified atom stereocenters. The number of hydrogen-bond donors (Lipinski definition) is 1. The quantitative estimate of drug-likeness (QED) is 0.761. The van der Waals surface area contributed by atoms with Gasteiger partial charge in [0.15, 0.2) is 0 Å². The summed E-state index contributed by atoms with van der Waals surface area (Å²) in [5.41, 5.74) is 1.96. The summed E-state index contributed by atoms with van der Waals surface area (Å²) in [6.45, 7) is 2.73. The number of benzene rings is 1. The Morgan fingerprint density at radius 1 is 1.12 bits per heavy atom. The van der Waals surface area contributed by atoms with E-state index in [4.69, 9.17) is 7.85 Å². The van der Waals surface area contributed by atoms with Gasteiger partial charge in [-0.2, -0.15) is 0 Å². The van der Waals surface area contributed by atoms with Crippen molar-refractivity contribution in [1.82, 2.24) is 4.90 Å². The molecule has 3 heteroatoms. The number of rotatable bonds is 2. The summed E-state index contributed by atoms with van der Waals surface area (Å²) in [7, 11) is 5.74. The molecular formula is C13H16BNO. The van der Waals surface area contributed by atoms with E-state index >= 15 is 0 Å². The van der Waals surface area contributed by atoms with Crippen molar-refractivity contribution in [3.63, 3.8) is 0 Å². The number of nitrogens with zero attached hydrogens (tertiary/aromatic N) is 1. The summed E-state index contributed by atoms with van der Waals surface area (Å²) in [6.07, 6.45) is 1.43. The molecule has 1 aromatic carbocycles. The lowest BCUT2D eigenvalue weighted by atomic mass is 9.91. The van der Waals surface area contributed by atoms with Crippen LogP contribution < -0.4 is 0 Å². The van der Waals surface area contributed by atoms with E-state index < -0.39 is 0 Å². The van der Waals surface area contributed by atoms with Crippen molar-refractivity contribution in [2.24, 2.45) is 0 Å².